The Morgan fingerprint density at radius 2 is 2.00 bits per heavy atom. The van der Waals surface area contributed by atoms with E-state index in [1.807, 2.05) is 26.0 Å². The van der Waals surface area contributed by atoms with E-state index in [0.717, 1.165) is 5.56 Å². The van der Waals surface area contributed by atoms with Gasteiger partial charge in [0, 0.05) is 22.8 Å². The first-order chi connectivity index (χ1) is 10.0. The van der Waals surface area contributed by atoms with Crippen LogP contribution in [0.15, 0.2) is 35.3 Å². The van der Waals surface area contributed by atoms with Gasteiger partial charge >= 0.3 is 5.69 Å². The molecule has 3 aromatic rings. The predicted molar refractivity (Wildman–Crippen MR) is 82.8 cm³/mol. The summed E-state index contributed by atoms with van der Waals surface area (Å²) in [4.78, 5) is 16.4. The van der Waals surface area contributed by atoms with Gasteiger partial charge in [0.15, 0.2) is 5.82 Å². The highest BCUT2D eigenvalue weighted by atomic mass is 35.5. The minimum atomic E-state index is -0.297. The minimum absolute atomic E-state index is 0.175. The van der Waals surface area contributed by atoms with Crippen LogP contribution in [-0.2, 0) is 0 Å². The lowest BCUT2D eigenvalue weighted by Gasteiger charge is -2.11. The van der Waals surface area contributed by atoms with Gasteiger partial charge in [0.25, 0.3) is 0 Å². The van der Waals surface area contributed by atoms with E-state index in [9.17, 15) is 4.79 Å². The van der Waals surface area contributed by atoms with E-state index >= 15 is 0 Å². The largest absolute Gasteiger partial charge is 0.365 e. The summed E-state index contributed by atoms with van der Waals surface area (Å²) >= 11 is 5.90. The Kier molecular flexibility index (Phi) is 3.39. The van der Waals surface area contributed by atoms with Crippen LogP contribution in [0.3, 0.4) is 0 Å². The van der Waals surface area contributed by atoms with E-state index in [0.29, 0.717) is 22.2 Å². The van der Waals surface area contributed by atoms with E-state index in [-0.39, 0.29) is 11.7 Å². The Labute approximate surface area is 125 Å². The molecule has 6 nitrogen and oxygen atoms in total. The highest BCUT2D eigenvalue weighted by Crippen LogP contribution is 2.22. The number of H-pyrrole nitrogens is 1. The lowest BCUT2D eigenvalue weighted by atomic mass is 10.1. The Bertz CT molecular complexity index is 835. The maximum Gasteiger partial charge on any atom is 0.347 e. The summed E-state index contributed by atoms with van der Waals surface area (Å²) in [7, 11) is 0. The zero-order valence-electron chi connectivity index (χ0n) is 11.6. The number of benzene rings is 1. The smallest absolute Gasteiger partial charge is 0.347 e. The van der Waals surface area contributed by atoms with E-state index in [4.69, 9.17) is 11.6 Å². The fourth-order valence-corrected chi connectivity index (χ4v) is 2.17. The number of aromatic amines is 1. The summed E-state index contributed by atoms with van der Waals surface area (Å²) in [6.07, 6.45) is 1.66. The SMILES string of the molecule is CC(C)Nc1nc(-c2ccc(Cl)cc2)cn2c(=O)[nH]nc12. The fourth-order valence-electron chi connectivity index (χ4n) is 2.04. The number of hydrogen-bond acceptors (Lipinski definition) is 4. The van der Waals surface area contributed by atoms with Crippen LogP contribution in [0.4, 0.5) is 5.82 Å². The van der Waals surface area contributed by atoms with Gasteiger partial charge in [-0.3, -0.25) is 0 Å². The molecule has 0 spiro atoms. The number of aromatic nitrogens is 4. The summed E-state index contributed by atoms with van der Waals surface area (Å²) in [5.74, 6) is 0.566. The number of anilines is 1. The van der Waals surface area contributed by atoms with Crippen molar-refractivity contribution in [1.29, 1.82) is 0 Å². The first-order valence-electron chi connectivity index (χ1n) is 6.55. The van der Waals surface area contributed by atoms with Crippen molar-refractivity contribution < 1.29 is 0 Å². The van der Waals surface area contributed by atoms with Gasteiger partial charge in [-0.15, -0.1) is 5.10 Å². The van der Waals surface area contributed by atoms with Crippen molar-refractivity contribution in [3.05, 3.63) is 46.0 Å². The zero-order valence-corrected chi connectivity index (χ0v) is 12.3. The van der Waals surface area contributed by atoms with Crippen molar-refractivity contribution >= 4 is 23.1 Å². The van der Waals surface area contributed by atoms with Crippen LogP contribution in [0.2, 0.25) is 5.02 Å². The molecule has 0 aliphatic heterocycles. The minimum Gasteiger partial charge on any atom is -0.365 e. The van der Waals surface area contributed by atoms with Crippen LogP contribution in [0.5, 0.6) is 0 Å². The van der Waals surface area contributed by atoms with Crippen LogP contribution in [0.25, 0.3) is 16.9 Å². The molecule has 0 atom stereocenters. The Hall–Kier alpha value is -2.34. The van der Waals surface area contributed by atoms with E-state index in [2.05, 4.69) is 20.5 Å². The first-order valence-corrected chi connectivity index (χ1v) is 6.92. The molecule has 0 radical (unpaired) electrons. The van der Waals surface area contributed by atoms with E-state index in [1.54, 1.807) is 18.3 Å². The van der Waals surface area contributed by atoms with Gasteiger partial charge in [-0.25, -0.2) is 19.3 Å². The molecule has 3 rings (SSSR count). The Morgan fingerprint density at radius 3 is 2.67 bits per heavy atom. The van der Waals surface area contributed by atoms with E-state index in [1.165, 1.54) is 4.40 Å². The van der Waals surface area contributed by atoms with Gasteiger partial charge in [-0.1, -0.05) is 23.7 Å². The zero-order chi connectivity index (χ0) is 15.0. The quantitative estimate of drug-likeness (QED) is 0.780. The number of halogens is 1. The second-order valence-corrected chi connectivity index (χ2v) is 5.44. The average molecular weight is 304 g/mol. The molecule has 0 bridgehead atoms. The average Bonchev–Trinajstić information content (AvgIpc) is 2.81. The molecule has 0 aliphatic carbocycles. The normalized spacial score (nSPS) is 11.2. The first kappa shape index (κ1) is 13.6. The van der Waals surface area contributed by atoms with Gasteiger partial charge in [0.1, 0.15) is 0 Å². The van der Waals surface area contributed by atoms with Gasteiger partial charge < -0.3 is 5.32 Å². The predicted octanol–water partition coefficient (Wildman–Crippen LogP) is 2.56. The molecule has 2 aromatic heterocycles. The summed E-state index contributed by atoms with van der Waals surface area (Å²) in [5.41, 5.74) is 1.73. The number of nitrogens with one attached hydrogen (secondary N) is 2. The van der Waals surface area contributed by atoms with Gasteiger partial charge in [-0.2, -0.15) is 0 Å². The number of fused-ring (bicyclic) bond motifs is 1. The van der Waals surface area contributed by atoms with Crippen LogP contribution >= 0.6 is 11.6 Å². The highest BCUT2D eigenvalue weighted by molar-refractivity contribution is 6.30. The number of hydrogen-bond donors (Lipinski definition) is 2. The third kappa shape index (κ3) is 2.62. The molecule has 2 N–H and O–H groups in total. The van der Waals surface area contributed by atoms with Crippen molar-refractivity contribution in [2.24, 2.45) is 0 Å². The maximum atomic E-state index is 11.8. The molecule has 0 aliphatic rings. The lowest BCUT2D eigenvalue weighted by Crippen LogP contribution is -2.15. The topological polar surface area (TPSA) is 75.1 Å². The molecule has 0 saturated carbocycles. The van der Waals surface area contributed by atoms with Crippen molar-refractivity contribution in [2.75, 3.05) is 5.32 Å². The van der Waals surface area contributed by atoms with E-state index < -0.39 is 0 Å². The number of rotatable bonds is 3. The molecule has 0 saturated heterocycles. The summed E-state index contributed by atoms with van der Waals surface area (Å²) in [6, 6.07) is 7.47. The van der Waals surface area contributed by atoms with Crippen molar-refractivity contribution in [2.45, 2.75) is 19.9 Å². The van der Waals surface area contributed by atoms with Crippen LogP contribution in [0.1, 0.15) is 13.8 Å². The summed E-state index contributed by atoms with van der Waals surface area (Å²) in [6.45, 7) is 4.00. The molecule has 2 heterocycles. The summed E-state index contributed by atoms with van der Waals surface area (Å²) < 4.78 is 1.45. The van der Waals surface area contributed by atoms with Gasteiger partial charge in [0.05, 0.1) is 5.69 Å². The third-order valence-electron chi connectivity index (χ3n) is 2.97. The molecule has 108 valence electrons. The van der Waals surface area contributed by atoms with Crippen molar-refractivity contribution in [3.8, 4) is 11.3 Å². The maximum absolute atomic E-state index is 11.8. The highest BCUT2D eigenvalue weighted by Gasteiger charge is 2.12. The molecule has 7 heteroatoms. The van der Waals surface area contributed by atoms with Gasteiger partial charge in [-0.05, 0) is 26.0 Å². The second-order valence-electron chi connectivity index (χ2n) is 5.00. The van der Waals surface area contributed by atoms with Crippen molar-refractivity contribution in [1.82, 2.24) is 19.6 Å². The van der Waals surface area contributed by atoms with Crippen molar-refractivity contribution in [3.63, 3.8) is 0 Å². The number of nitrogens with zero attached hydrogens (tertiary/aromatic N) is 3. The van der Waals surface area contributed by atoms with Crippen LogP contribution in [0, 0.1) is 0 Å². The Morgan fingerprint density at radius 1 is 1.29 bits per heavy atom. The monoisotopic (exact) mass is 303 g/mol. The summed E-state index contributed by atoms with van der Waals surface area (Å²) in [5, 5.41) is 10.3. The second kappa shape index (κ2) is 5.21. The van der Waals surface area contributed by atoms with Crippen LogP contribution in [-0.4, -0.2) is 25.6 Å². The fraction of sp³-hybridized carbons (Fsp3) is 0.214. The molecule has 0 amide bonds. The molecule has 0 unspecified atom stereocenters. The molecular formula is C14H14ClN5O. The molecule has 0 fully saturated rings. The standard InChI is InChI=1S/C14H14ClN5O/c1-8(2)16-12-13-18-19-14(21)20(13)7-11(17-12)9-3-5-10(15)6-4-9/h3-8H,1-2H3,(H,16,17)(H,19,21). The molecule has 1 aromatic carbocycles. The van der Waals surface area contributed by atoms with Gasteiger partial charge in [0.2, 0.25) is 5.65 Å². The molecular weight excluding hydrogens is 290 g/mol. The Balaban J connectivity index is 2.21. The van der Waals surface area contributed by atoms with Crippen LogP contribution < -0.4 is 11.0 Å². The third-order valence-corrected chi connectivity index (χ3v) is 3.22. The molecule has 21 heavy (non-hydrogen) atoms. The lowest BCUT2D eigenvalue weighted by molar-refractivity contribution is 0.886.